The molecule has 0 radical (unpaired) electrons. The molecule has 0 saturated heterocycles. The van der Waals surface area contributed by atoms with Gasteiger partial charge in [0.1, 0.15) is 0 Å². The van der Waals surface area contributed by atoms with Gasteiger partial charge in [0, 0.05) is 11.3 Å². The summed E-state index contributed by atoms with van der Waals surface area (Å²) >= 11 is 0. The van der Waals surface area contributed by atoms with Crippen LogP contribution in [0.2, 0.25) is 0 Å². The lowest BCUT2D eigenvalue weighted by molar-refractivity contribution is -0.104. The molecule has 4 aliphatic rings. The van der Waals surface area contributed by atoms with Crippen molar-refractivity contribution in [2.75, 3.05) is 0 Å². The van der Waals surface area contributed by atoms with E-state index in [2.05, 4.69) is 6.92 Å². The Labute approximate surface area is 128 Å². The van der Waals surface area contributed by atoms with Crippen molar-refractivity contribution in [1.82, 2.24) is 0 Å². The Hall–Kier alpha value is -0.340. The lowest BCUT2D eigenvalue weighted by Gasteiger charge is -2.54. The molecule has 6 atom stereocenters. The standard InChI is InChI=1S/C19H30O2/c1-2-19-11-16(20)18-13-6-4-3-5-12(13)7-8-14(18)15(19)9-10-17(19)21/h14-18,20-21H,2-11H2,1H3/t14-,15-,16+,17-,18+,19-/m0/s1. The van der Waals surface area contributed by atoms with Gasteiger partial charge in [0.15, 0.2) is 0 Å². The summed E-state index contributed by atoms with van der Waals surface area (Å²) in [6.07, 6.45) is 11.4. The van der Waals surface area contributed by atoms with Gasteiger partial charge in [-0.05, 0) is 76.0 Å². The number of aliphatic hydroxyl groups is 2. The van der Waals surface area contributed by atoms with Gasteiger partial charge in [-0.3, -0.25) is 0 Å². The second-order valence-electron chi connectivity index (χ2n) is 8.12. The van der Waals surface area contributed by atoms with E-state index in [0.717, 1.165) is 19.3 Å². The van der Waals surface area contributed by atoms with Gasteiger partial charge in [0.05, 0.1) is 12.2 Å². The smallest absolute Gasteiger partial charge is 0.0614 e. The van der Waals surface area contributed by atoms with E-state index in [9.17, 15) is 10.2 Å². The van der Waals surface area contributed by atoms with Crippen molar-refractivity contribution in [3.8, 4) is 0 Å². The zero-order valence-corrected chi connectivity index (χ0v) is 13.4. The van der Waals surface area contributed by atoms with Crippen molar-refractivity contribution in [3.63, 3.8) is 0 Å². The molecule has 2 nitrogen and oxygen atoms in total. The molecule has 0 unspecified atom stereocenters. The number of aliphatic hydroxyl groups excluding tert-OH is 2. The van der Waals surface area contributed by atoms with Crippen LogP contribution >= 0.6 is 0 Å². The molecule has 118 valence electrons. The van der Waals surface area contributed by atoms with Crippen LogP contribution in [0.5, 0.6) is 0 Å². The highest BCUT2D eigenvalue weighted by Crippen LogP contribution is 2.62. The van der Waals surface area contributed by atoms with E-state index >= 15 is 0 Å². The first-order valence-electron chi connectivity index (χ1n) is 9.24. The van der Waals surface area contributed by atoms with E-state index in [1.807, 2.05) is 0 Å². The number of fused-ring (bicyclic) bond motifs is 4. The maximum Gasteiger partial charge on any atom is 0.0614 e. The molecule has 0 amide bonds. The monoisotopic (exact) mass is 290 g/mol. The third-order valence-electron chi connectivity index (χ3n) is 7.60. The summed E-state index contributed by atoms with van der Waals surface area (Å²) in [5.74, 6) is 1.73. The van der Waals surface area contributed by atoms with Crippen LogP contribution < -0.4 is 0 Å². The molecular weight excluding hydrogens is 260 g/mol. The summed E-state index contributed by atoms with van der Waals surface area (Å²) in [4.78, 5) is 0. The molecule has 0 aromatic rings. The molecule has 0 aromatic heterocycles. The van der Waals surface area contributed by atoms with E-state index < -0.39 is 0 Å². The van der Waals surface area contributed by atoms with Gasteiger partial charge in [-0.1, -0.05) is 18.1 Å². The first-order chi connectivity index (χ1) is 10.2. The highest BCUT2D eigenvalue weighted by Gasteiger charge is 2.59. The summed E-state index contributed by atoms with van der Waals surface area (Å²) in [7, 11) is 0. The molecule has 0 spiro atoms. The van der Waals surface area contributed by atoms with Crippen molar-refractivity contribution < 1.29 is 10.2 Å². The van der Waals surface area contributed by atoms with E-state index in [0.29, 0.717) is 17.8 Å². The van der Waals surface area contributed by atoms with Crippen molar-refractivity contribution in [1.29, 1.82) is 0 Å². The number of allylic oxidation sites excluding steroid dienone is 1. The molecule has 2 heteroatoms. The van der Waals surface area contributed by atoms with Crippen LogP contribution in [-0.2, 0) is 0 Å². The minimum atomic E-state index is -0.206. The fraction of sp³-hybridized carbons (Fsp3) is 0.895. The predicted molar refractivity (Wildman–Crippen MR) is 83.8 cm³/mol. The number of rotatable bonds is 1. The van der Waals surface area contributed by atoms with Crippen LogP contribution in [0.1, 0.15) is 71.1 Å². The molecule has 2 fully saturated rings. The molecule has 0 heterocycles. The summed E-state index contributed by atoms with van der Waals surface area (Å²) in [6, 6.07) is 0. The maximum absolute atomic E-state index is 11.0. The summed E-state index contributed by atoms with van der Waals surface area (Å²) in [6.45, 7) is 2.22. The van der Waals surface area contributed by atoms with Crippen molar-refractivity contribution >= 4 is 0 Å². The van der Waals surface area contributed by atoms with E-state index in [4.69, 9.17) is 0 Å². The first kappa shape index (κ1) is 14.3. The van der Waals surface area contributed by atoms with E-state index in [1.54, 1.807) is 11.1 Å². The minimum Gasteiger partial charge on any atom is -0.393 e. The summed E-state index contributed by atoms with van der Waals surface area (Å²) in [5.41, 5.74) is 3.37. The van der Waals surface area contributed by atoms with Crippen LogP contribution in [0.25, 0.3) is 0 Å². The third kappa shape index (κ3) is 1.91. The van der Waals surface area contributed by atoms with Gasteiger partial charge in [-0.15, -0.1) is 0 Å². The Balaban J connectivity index is 1.71. The Morgan fingerprint density at radius 1 is 1.05 bits per heavy atom. The molecule has 4 rings (SSSR count). The second kappa shape index (κ2) is 5.09. The van der Waals surface area contributed by atoms with Gasteiger partial charge in [0.2, 0.25) is 0 Å². The summed E-state index contributed by atoms with van der Waals surface area (Å²) in [5, 5.41) is 21.6. The van der Waals surface area contributed by atoms with Gasteiger partial charge < -0.3 is 10.2 Å². The first-order valence-corrected chi connectivity index (χ1v) is 9.24. The van der Waals surface area contributed by atoms with E-state index in [1.165, 1.54) is 44.9 Å². The average Bonchev–Trinajstić information content (AvgIpc) is 2.84. The highest BCUT2D eigenvalue weighted by atomic mass is 16.3. The maximum atomic E-state index is 11.0. The average molecular weight is 290 g/mol. The lowest BCUT2D eigenvalue weighted by Crippen LogP contribution is -2.52. The third-order valence-corrected chi connectivity index (χ3v) is 7.60. The minimum absolute atomic E-state index is 0.0211. The summed E-state index contributed by atoms with van der Waals surface area (Å²) < 4.78 is 0. The lowest BCUT2D eigenvalue weighted by atomic mass is 9.52. The van der Waals surface area contributed by atoms with Gasteiger partial charge >= 0.3 is 0 Å². The predicted octanol–water partition coefficient (Wildman–Crippen LogP) is 3.82. The Morgan fingerprint density at radius 3 is 2.67 bits per heavy atom. The normalized spacial score (nSPS) is 49.6. The van der Waals surface area contributed by atoms with E-state index in [-0.39, 0.29) is 17.6 Å². The Bertz CT molecular complexity index is 454. The van der Waals surface area contributed by atoms with Crippen LogP contribution in [0, 0.1) is 23.2 Å². The van der Waals surface area contributed by atoms with Gasteiger partial charge in [0.25, 0.3) is 0 Å². The Kier molecular flexibility index (Phi) is 3.46. The fourth-order valence-corrected chi connectivity index (χ4v) is 6.67. The topological polar surface area (TPSA) is 40.5 Å². The van der Waals surface area contributed by atoms with Crippen LogP contribution in [0.3, 0.4) is 0 Å². The molecule has 4 aliphatic carbocycles. The van der Waals surface area contributed by atoms with Crippen LogP contribution in [-0.4, -0.2) is 22.4 Å². The largest absolute Gasteiger partial charge is 0.393 e. The van der Waals surface area contributed by atoms with Crippen molar-refractivity contribution in [2.45, 2.75) is 83.3 Å². The van der Waals surface area contributed by atoms with Gasteiger partial charge in [-0.2, -0.15) is 0 Å². The molecule has 0 aromatic carbocycles. The van der Waals surface area contributed by atoms with Crippen LogP contribution in [0.15, 0.2) is 11.1 Å². The fourth-order valence-electron chi connectivity index (χ4n) is 6.67. The molecule has 2 N–H and O–H groups in total. The number of hydrogen-bond donors (Lipinski definition) is 2. The molecule has 2 saturated carbocycles. The van der Waals surface area contributed by atoms with Crippen LogP contribution in [0.4, 0.5) is 0 Å². The molecule has 0 bridgehead atoms. The second-order valence-corrected chi connectivity index (χ2v) is 8.12. The van der Waals surface area contributed by atoms with Crippen molar-refractivity contribution in [2.24, 2.45) is 23.2 Å². The zero-order chi connectivity index (χ0) is 14.6. The SMILES string of the molecule is CC[C@]12C[C@@H](O)[C@@H]3C4=C(CCCC4)CC[C@H]3[C@@H]1CC[C@@H]2O. The molecule has 0 aliphatic heterocycles. The molecule has 21 heavy (non-hydrogen) atoms. The van der Waals surface area contributed by atoms with Gasteiger partial charge in [-0.25, -0.2) is 0 Å². The highest BCUT2D eigenvalue weighted by molar-refractivity contribution is 5.27. The molecular formula is C19H30O2. The Morgan fingerprint density at radius 2 is 1.86 bits per heavy atom. The quantitative estimate of drug-likeness (QED) is 0.721. The zero-order valence-electron chi connectivity index (χ0n) is 13.4. The number of hydrogen-bond acceptors (Lipinski definition) is 2. The van der Waals surface area contributed by atoms with Crippen molar-refractivity contribution in [3.05, 3.63) is 11.1 Å².